The van der Waals surface area contributed by atoms with Gasteiger partial charge in [0, 0.05) is 18.0 Å². The van der Waals surface area contributed by atoms with Crippen molar-refractivity contribution in [1.29, 1.82) is 0 Å². The molecule has 1 rings (SSSR count). The molecule has 2 nitrogen and oxygen atoms in total. The fraction of sp³-hybridized carbons (Fsp3) is 0.167. The Morgan fingerprint density at radius 1 is 1.62 bits per heavy atom. The molecule has 0 saturated carbocycles. The van der Waals surface area contributed by atoms with E-state index < -0.39 is 0 Å². The molecule has 0 aliphatic rings. The first kappa shape index (κ1) is 5.09. The number of H-pyrrole nitrogens is 1. The van der Waals surface area contributed by atoms with Crippen molar-refractivity contribution in [3.8, 4) is 0 Å². The van der Waals surface area contributed by atoms with Gasteiger partial charge in [-0.15, -0.1) is 0 Å². The molecule has 0 radical (unpaired) electrons. The highest BCUT2D eigenvalue weighted by Crippen LogP contribution is 2.00. The topological polar surface area (TPSA) is 32.9 Å². The molecule has 0 spiro atoms. The Labute approximate surface area is 47.5 Å². The fourth-order valence-corrected chi connectivity index (χ4v) is 0.581. The van der Waals surface area contributed by atoms with Crippen LogP contribution in [0.4, 0.5) is 0 Å². The number of carbonyl (C=O) groups excluding carboxylic acids is 1. The molecule has 0 atom stereocenters. The summed E-state index contributed by atoms with van der Waals surface area (Å²) in [5.41, 5.74) is 1.74. The number of rotatable bonds is 1. The van der Waals surface area contributed by atoms with Crippen LogP contribution in [0.2, 0.25) is 0 Å². The molecule has 8 heavy (non-hydrogen) atoms. The van der Waals surface area contributed by atoms with E-state index in [0.717, 1.165) is 17.4 Å². The molecule has 0 aliphatic heterocycles. The first-order valence-corrected chi connectivity index (χ1v) is 2.43. The van der Waals surface area contributed by atoms with Crippen molar-refractivity contribution in [1.82, 2.24) is 4.98 Å². The second-order valence-corrected chi connectivity index (χ2v) is 1.71. The Morgan fingerprint density at radius 2 is 2.38 bits per heavy atom. The molecular formula is C6H7NO. The Morgan fingerprint density at radius 3 is 2.62 bits per heavy atom. The van der Waals surface area contributed by atoms with Gasteiger partial charge in [-0.2, -0.15) is 0 Å². The Hall–Kier alpha value is -1.05. The molecule has 0 unspecified atom stereocenters. The van der Waals surface area contributed by atoms with E-state index in [1.165, 1.54) is 0 Å². The van der Waals surface area contributed by atoms with Gasteiger partial charge in [-0.25, -0.2) is 0 Å². The van der Waals surface area contributed by atoms with Gasteiger partial charge in [-0.3, -0.25) is 4.79 Å². The van der Waals surface area contributed by atoms with E-state index in [9.17, 15) is 4.79 Å². The van der Waals surface area contributed by atoms with Gasteiger partial charge in [0.15, 0.2) is 6.29 Å². The number of aromatic amines is 1. The lowest BCUT2D eigenvalue weighted by Crippen LogP contribution is -1.74. The maximum Gasteiger partial charge on any atom is 0.151 e. The zero-order valence-electron chi connectivity index (χ0n) is 4.64. The first-order valence-electron chi connectivity index (χ1n) is 2.43. The van der Waals surface area contributed by atoms with Crippen molar-refractivity contribution in [2.24, 2.45) is 0 Å². The number of nitrogens with one attached hydrogen (secondary N) is 1. The first-order chi connectivity index (χ1) is 3.84. The van der Waals surface area contributed by atoms with Crippen LogP contribution in [-0.4, -0.2) is 11.3 Å². The molecule has 1 aromatic rings. The largest absolute Gasteiger partial charge is 0.367 e. The molecule has 42 valence electrons. The maximum atomic E-state index is 10.1. The Kier molecular flexibility index (Phi) is 1.16. The molecule has 0 aliphatic carbocycles. The molecule has 1 aromatic heterocycles. The van der Waals surface area contributed by atoms with Crippen LogP contribution in [0.1, 0.15) is 15.9 Å². The summed E-state index contributed by atoms with van der Waals surface area (Å²) < 4.78 is 0. The van der Waals surface area contributed by atoms with Gasteiger partial charge in [-0.05, 0) is 12.5 Å². The number of hydrogen-bond acceptors (Lipinski definition) is 1. The van der Waals surface area contributed by atoms with Crippen molar-refractivity contribution < 1.29 is 4.79 Å². The third-order valence-electron chi connectivity index (χ3n) is 1.12. The third kappa shape index (κ3) is 0.644. The van der Waals surface area contributed by atoms with Gasteiger partial charge in [0.25, 0.3) is 0 Å². The quantitative estimate of drug-likeness (QED) is 0.539. The van der Waals surface area contributed by atoms with Crippen LogP contribution in [0.5, 0.6) is 0 Å². The number of hydrogen-bond donors (Lipinski definition) is 1. The molecule has 1 heterocycles. The van der Waals surface area contributed by atoms with Crippen LogP contribution in [-0.2, 0) is 0 Å². The highest BCUT2D eigenvalue weighted by atomic mass is 16.1. The number of carbonyl (C=O) groups is 1. The van der Waals surface area contributed by atoms with E-state index in [2.05, 4.69) is 4.98 Å². The molecule has 1 N–H and O–H groups in total. The lowest BCUT2D eigenvalue weighted by atomic mass is 10.2. The van der Waals surface area contributed by atoms with Gasteiger partial charge in [0.05, 0.1) is 0 Å². The van der Waals surface area contributed by atoms with Crippen LogP contribution in [0.25, 0.3) is 0 Å². The van der Waals surface area contributed by atoms with E-state index in [0.29, 0.717) is 0 Å². The summed E-state index contributed by atoms with van der Waals surface area (Å²) in [5.74, 6) is 0. The van der Waals surface area contributed by atoms with Gasteiger partial charge in [0.2, 0.25) is 0 Å². The molecular weight excluding hydrogens is 102 g/mol. The zero-order chi connectivity index (χ0) is 5.98. The maximum absolute atomic E-state index is 10.1. The predicted octanol–water partition coefficient (Wildman–Crippen LogP) is 1.14. The van der Waals surface area contributed by atoms with Crippen LogP contribution < -0.4 is 0 Å². The normalized spacial score (nSPS) is 9.12. The summed E-state index contributed by atoms with van der Waals surface area (Å²) in [6.45, 7) is 1.89. The standard InChI is InChI=1S/C6H7NO/c1-5-2-7-3-6(5)4-8/h2-4,7H,1H3. The Bertz CT molecular complexity index is 190. The van der Waals surface area contributed by atoms with E-state index in [-0.39, 0.29) is 0 Å². The number of aromatic nitrogens is 1. The number of aryl methyl sites for hydroxylation is 1. The second kappa shape index (κ2) is 1.82. The van der Waals surface area contributed by atoms with Crippen molar-refractivity contribution >= 4 is 6.29 Å². The van der Waals surface area contributed by atoms with Gasteiger partial charge >= 0.3 is 0 Å². The fourth-order valence-electron chi connectivity index (χ4n) is 0.581. The van der Waals surface area contributed by atoms with Crippen LogP contribution >= 0.6 is 0 Å². The molecule has 0 amide bonds. The molecule has 2 heteroatoms. The molecule has 0 saturated heterocycles. The van der Waals surface area contributed by atoms with Crippen LogP contribution in [0.15, 0.2) is 12.4 Å². The van der Waals surface area contributed by atoms with Crippen LogP contribution in [0, 0.1) is 6.92 Å². The summed E-state index contributed by atoms with van der Waals surface area (Å²) in [7, 11) is 0. The van der Waals surface area contributed by atoms with Crippen molar-refractivity contribution in [3.05, 3.63) is 23.5 Å². The lowest BCUT2D eigenvalue weighted by molar-refractivity contribution is 0.112. The molecule has 0 fully saturated rings. The number of aldehydes is 1. The summed E-state index contributed by atoms with van der Waals surface area (Å²) in [6, 6.07) is 0. The summed E-state index contributed by atoms with van der Waals surface area (Å²) in [6.07, 6.45) is 4.32. The van der Waals surface area contributed by atoms with Gasteiger partial charge in [0.1, 0.15) is 0 Å². The average molecular weight is 109 g/mol. The average Bonchev–Trinajstić information content (AvgIpc) is 2.14. The summed E-state index contributed by atoms with van der Waals surface area (Å²) in [4.78, 5) is 12.9. The molecule has 0 aromatic carbocycles. The SMILES string of the molecule is Cc1c[nH]cc1C=O. The van der Waals surface area contributed by atoms with Crippen molar-refractivity contribution in [2.75, 3.05) is 0 Å². The third-order valence-corrected chi connectivity index (χ3v) is 1.12. The van der Waals surface area contributed by atoms with Crippen molar-refractivity contribution in [2.45, 2.75) is 6.92 Å². The van der Waals surface area contributed by atoms with E-state index in [1.807, 2.05) is 6.92 Å². The van der Waals surface area contributed by atoms with Gasteiger partial charge < -0.3 is 4.98 Å². The molecule has 0 bridgehead atoms. The minimum absolute atomic E-state index is 0.741. The van der Waals surface area contributed by atoms with Gasteiger partial charge in [-0.1, -0.05) is 0 Å². The van der Waals surface area contributed by atoms with E-state index >= 15 is 0 Å². The lowest BCUT2D eigenvalue weighted by Gasteiger charge is -1.78. The zero-order valence-corrected chi connectivity index (χ0v) is 4.64. The highest BCUT2D eigenvalue weighted by molar-refractivity contribution is 5.76. The smallest absolute Gasteiger partial charge is 0.151 e. The predicted molar refractivity (Wildman–Crippen MR) is 30.9 cm³/mol. The van der Waals surface area contributed by atoms with Crippen molar-refractivity contribution in [3.63, 3.8) is 0 Å². The summed E-state index contributed by atoms with van der Waals surface area (Å²) >= 11 is 0. The van der Waals surface area contributed by atoms with Crippen LogP contribution in [0.3, 0.4) is 0 Å². The monoisotopic (exact) mass is 109 g/mol. The second-order valence-electron chi connectivity index (χ2n) is 1.71. The summed E-state index contributed by atoms with van der Waals surface area (Å²) in [5, 5.41) is 0. The highest BCUT2D eigenvalue weighted by Gasteiger charge is 1.92. The minimum Gasteiger partial charge on any atom is -0.367 e. The van der Waals surface area contributed by atoms with E-state index in [4.69, 9.17) is 0 Å². The van der Waals surface area contributed by atoms with E-state index in [1.54, 1.807) is 12.4 Å². The Balaban J connectivity index is 3.09. The minimum atomic E-state index is 0.741.